The third kappa shape index (κ3) is 10.5. The number of carbonyl (C=O) groups excluding carboxylic acids is 2. The number of benzene rings is 3. The van der Waals surface area contributed by atoms with Crippen LogP contribution in [0.25, 0.3) is 0 Å². The topological polar surface area (TPSA) is 98.8 Å². The molecule has 1 aliphatic heterocycles. The fraction of sp³-hybridized carbons (Fsp3) is 0.412. The SMILES string of the molecule is CC(=O)O[C@@H]1O[C@H](COCc2ccccc2)[C@H](OC(=O)OC(C)(C)C)[C@H](OCc2ccccc2)[C@H]1OCc1ccccc1. The molecule has 0 spiro atoms. The van der Waals surface area contributed by atoms with E-state index in [1.807, 2.05) is 91.0 Å². The van der Waals surface area contributed by atoms with Crippen molar-refractivity contribution in [2.75, 3.05) is 6.61 Å². The first kappa shape index (κ1) is 32.2. The molecule has 43 heavy (non-hydrogen) atoms. The van der Waals surface area contributed by atoms with Gasteiger partial charge in [-0.1, -0.05) is 91.0 Å². The van der Waals surface area contributed by atoms with E-state index in [0.29, 0.717) is 6.61 Å². The van der Waals surface area contributed by atoms with Gasteiger partial charge in [0, 0.05) is 6.92 Å². The molecule has 3 aromatic rings. The summed E-state index contributed by atoms with van der Waals surface area (Å²) in [6.07, 6.45) is -5.83. The highest BCUT2D eigenvalue weighted by molar-refractivity contribution is 5.66. The van der Waals surface area contributed by atoms with Crippen molar-refractivity contribution in [3.63, 3.8) is 0 Å². The number of carbonyl (C=O) groups is 2. The van der Waals surface area contributed by atoms with Crippen LogP contribution in [0.1, 0.15) is 44.4 Å². The van der Waals surface area contributed by atoms with Crippen molar-refractivity contribution in [1.29, 1.82) is 0 Å². The van der Waals surface area contributed by atoms with Gasteiger partial charge in [0.05, 0.1) is 26.4 Å². The van der Waals surface area contributed by atoms with Gasteiger partial charge in [-0.2, -0.15) is 0 Å². The van der Waals surface area contributed by atoms with Gasteiger partial charge in [0.15, 0.2) is 12.2 Å². The lowest BCUT2D eigenvalue weighted by molar-refractivity contribution is -0.314. The summed E-state index contributed by atoms with van der Waals surface area (Å²) >= 11 is 0. The minimum absolute atomic E-state index is 0.0106. The quantitative estimate of drug-likeness (QED) is 0.235. The van der Waals surface area contributed by atoms with Crippen LogP contribution < -0.4 is 0 Å². The lowest BCUT2D eigenvalue weighted by atomic mass is 9.98. The molecule has 1 fully saturated rings. The molecule has 1 heterocycles. The van der Waals surface area contributed by atoms with E-state index in [1.54, 1.807) is 20.8 Å². The molecule has 0 unspecified atom stereocenters. The summed E-state index contributed by atoms with van der Waals surface area (Å²) in [5.41, 5.74) is 1.95. The summed E-state index contributed by atoms with van der Waals surface area (Å²) in [5, 5.41) is 0. The van der Waals surface area contributed by atoms with E-state index in [9.17, 15) is 9.59 Å². The van der Waals surface area contributed by atoms with Crippen molar-refractivity contribution < 1.29 is 42.7 Å². The first-order valence-corrected chi connectivity index (χ1v) is 14.3. The Morgan fingerprint density at radius 3 is 1.65 bits per heavy atom. The Bertz CT molecular complexity index is 1260. The number of ether oxygens (including phenoxy) is 7. The summed E-state index contributed by atoms with van der Waals surface area (Å²) in [7, 11) is 0. The number of hydrogen-bond acceptors (Lipinski definition) is 9. The van der Waals surface area contributed by atoms with Crippen molar-refractivity contribution >= 4 is 12.1 Å². The Kier molecular flexibility index (Phi) is 11.7. The zero-order valence-electron chi connectivity index (χ0n) is 25.0. The van der Waals surface area contributed by atoms with Crippen LogP contribution >= 0.6 is 0 Å². The Morgan fingerprint density at radius 2 is 1.16 bits per heavy atom. The second-order valence-electron chi connectivity index (χ2n) is 11.2. The van der Waals surface area contributed by atoms with Gasteiger partial charge in [-0.25, -0.2) is 4.79 Å². The summed E-state index contributed by atoms with van der Waals surface area (Å²) in [6, 6.07) is 28.8. The molecule has 0 N–H and O–H groups in total. The molecular formula is C34H40O9. The largest absolute Gasteiger partial charge is 0.509 e. The highest BCUT2D eigenvalue weighted by Gasteiger charge is 2.51. The molecule has 0 aromatic heterocycles. The fourth-order valence-corrected chi connectivity index (χ4v) is 4.56. The predicted molar refractivity (Wildman–Crippen MR) is 158 cm³/mol. The van der Waals surface area contributed by atoms with E-state index in [2.05, 4.69) is 0 Å². The van der Waals surface area contributed by atoms with E-state index in [0.717, 1.165) is 16.7 Å². The molecule has 3 aromatic carbocycles. The van der Waals surface area contributed by atoms with E-state index in [1.165, 1.54) is 6.92 Å². The van der Waals surface area contributed by atoms with Crippen LogP contribution in [0.2, 0.25) is 0 Å². The Balaban J connectivity index is 1.64. The van der Waals surface area contributed by atoms with E-state index in [-0.39, 0.29) is 19.8 Å². The van der Waals surface area contributed by atoms with Gasteiger partial charge >= 0.3 is 12.1 Å². The maximum atomic E-state index is 13.0. The van der Waals surface area contributed by atoms with Crippen LogP contribution in [-0.4, -0.2) is 55.0 Å². The fourth-order valence-electron chi connectivity index (χ4n) is 4.56. The van der Waals surface area contributed by atoms with Crippen LogP contribution in [0, 0.1) is 0 Å². The molecule has 9 nitrogen and oxygen atoms in total. The predicted octanol–water partition coefficient (Wildman–Crippen LogP) is 5.98. The second-order valence-corrected chi connectivity index (χ2v) is 11.2. The van der Waals surface area contributed by atoms with Crippen LogP contribution in [0.3, 0.4) is 0 Å². The first-order valence-electron chi connectivity index (χ1n) is 14.3. The number of rotatable bonds is 12. The lowest BCUT2D eigenvalue weighted by Gasteiger charge is -2.44. The third-order valence-corrected chi connectivity index (χ3v) is 6.46. The van der Waals surface area contributed by atoms with Crippen LogP contribution in [-0.2, 0) is 57.8 Å². The standard InChI is InChI=1S/C34H40O9/c1-24(35)40-32-31(39-22-27-18-12-7-13-19-27)30(38-21-26-16-10-6-11-17-26)29(42-33(36)43-34(2,3)4)28(41-32)23-37-20-25-14-8-5-9-15-25/h5-19,28-32H,20-23H2,1-4H3/t28-,29+,30+,31-,32-/m1/s1. The molecule has 9 heteroatoms. The zero-order valence-corrected chi connectivity index (χ0v) is 25.0. The Morgan fingerprint density at radius 1 is 0.674 bits per heavy atom. The molecule has 4 rings (SSSR count). The molecule has 0 amide bonds. The molecule has 230 valence electrons. The third-order valence-electron chi connectivity index (χ3n) is 6.46. The van der Waals surface area contributed by atoms with Crippen LogP contribution in [0.4, 0.5) is 4.79 Å². The average molecular weight is 593 g/mol. The molecule has 1 saturated heterocycles. The summed E-state index contributed by atoms with van der Waals surface area (Å²) in [6.45, 7) is 7.19. The maximum Gasteiger partial charge on any atom is 0.509 e. The summed E-state index contributed by atoms with van der Waals surface area (Å²) in [5.74, 6) is -0.560. The number of hydrogen-bond donors (Lipinski definition) is 0. The van der Waals surface area contributed by atoms with E-state index in [4.69, 9.17) is 33.2 Å². The average Bonchev–Trinajstić information content (AvgIpc) is 2.97. The maximum absolute atomic E-state index is 13.0. The summed E-state index contributed by atoms with van der Waals surface area (Å²) in [4.78, 5) is 25.2. The van der Waals surface area contributed by atoms with Gasteiger partial charge in [0.25, 0.3) is 0 Å². The van der Waals surface area contributed by atoms with Crippen LogP contribution in [0.15, 0.2) is 91.0 Å². The van der Waals surface area contributed by atoms with Gasteiger partial charge in [-0.15, -0.1) is 0 Å². The normalized spacial score (nSPS) is 22.0. The van der Waals surface area contributed by atoms with Crippen molar-refractivity contribution in [3.05, 3.63) is 108 Å². The minimum Gasteiger partial charge on any atom is -0.433 e. The van der Waals surface area contributed by atoms with Gasteiger partial charge in [0.1, 0.15) is 17.8 Å². The molecule has 0 saturated carbocycles. The second kappa shape index (κ2) is 15.6. The number of esters is 1. The molecule has 0 bridgehead atoms. The molecule has 0 aliphatic carbocycles. The van der Waals surface area contributed by atoms with Crippen LogP contribution in [0.5, 0.6) is 0 Å². The first-order chi connectivity index (χ1) is 20.7. The smallest absolute Gasteiger partial charge is 0.433 e. The van der Waals surface area contributed by atoms with Crippen molar-refractivity contribution in [1.82, 2.24) is 0 Å². The molecule has 0 radical (unpaired) electrons. The van der Waals surface area contributed by atoms with Crippen molar-refractivity contribution in [3.8, 4) is 0 Å². The van der Waals surface area contributed by atoms with Gasteiger partial charge < -0.3 is 33.2 Å². The Labute approximate surface area is 252 Å². The molecular weight excluding hydrogens is 552 g/mol. The van der Waals surface area contributed by atoms with Gasteiger partial charge in [-0.05, 0) is 37.5 Å². The van der Waals surface area contributed by atoms with E-state index >= 15 is 0 Å². The highest BCUT2D eigenvalue weighted by Crippen LogP contribution is 2.31. The van der Waals surface area contributed by atoms with Gasteiger partial charge in [-0.3, -0.25) is 4.79 Å². The van der Waals surface area contributed by atoms with Crippen molar-refractivity contribution in [2.24, 2.45) is 0 Å². The molecule has 5 atom stereocenters. The monoisotopic (exact) mass is 592 g/mol. The summed E-state index contributed by atoms with van der Waals surface area (Å²) < 4.78 is 42.0. The van der Waals surface area contributed by atoms with Crippen molar-refractivity contribution in [2.45, 2.75) is 83.8 Å². The Hall–Kier alpha value is -3.76. The molecule has 1 aliphatic rings. The lowest BCUT2D eigenvalue weighted by Crippen LogP contribution is -2.62. The van der Waals surface area contributed by atoms with E-state index < -0.39 is 48.4 Å². The zero-order chi connectivity index (χ0) is 30.7. The van der Waals surface area contributed by atoms with Gasteiger partial charge in [0.2, 0.25) is 6.29 Å². The highest BCUT2D eigenvalue weighted by atomic mass is 16.8. The minimum atomic E-state index is -1.16.